The fourth-order valence-electron chi connectivity index (χ4n) is 4.46. The summed E-state index contributed by atoms with van der Waals surface area (Å²) in [5, 5.41) is 0. The van der Waals surface area contributed by atoms with E-state index in [1.165, 1.54) is 44.9 Å². The molecule has 0 saturated carbocycles. The van der Waals surface area contributed by atoms with E-state index in [1.54, 1.807) is 0 Å². The monoisotopic (exact) mass is 267 g/mol. The molecule has 0 aromatic rings. The highest BCUT2D eigenvalue weighted by molar-refractivity contribution is 4.98. The Labute approximate surface area is 122 Å². The molecule has 19 heavy (non-hydrogen) atoms. The lowest BCUT2D eigenvalue weighted by Gasteiger charge is -2.28. The smallest absolute Gasteiger partial charge is 0.0127 e. The van der Waals surface area contributed by atoms with E-state index in [1.807, 2.05) is 0 Å². The molecule has 1 fully saturated rings. The number of hydrogen-bond acceptors (Lipinski definition) is 1. The van der Waals surface area contributed by atoms with Crippen LogP contribution in [0.3, 0.4) is 0 Å². The van der Waals surface area contributed by atoms with Crippen molar-refractivity contribution in [2.75, 3.05) is 7.05 Å². The average molecular weight is 268 g/mol. The number of nitrogens with zero attached hydrogens (tertiary/aromatic N) is 1. The van der Waals surface area contributed by atoms with Crippen LogP contribution in [0, 0.1) is 17.8 Å². The van der Waals surface area contributed by atoms with Gasteiger partial charge in [0, 0.05) is 12.1 Å². The lowest BCUT2D eigenvalue weighted by Crippen LogP contribution is -2.34. The zero-order chi connectivity index (χ0) is 14.4. The summed E-state index contributed by atoms with van der Waals surface area (Å²) in [5.41, 5.74) is 0. The predicted octanol–water partition coefficient (Wildman–Crippen LogP) is 5.35. The molecule has 1 heterocycles. The van der Waals surface area contributed by atoms with Crippen LogP contribution in [0.1, 0.15) is 79.6 Å². The zero-order valence-corrected chi connectivity index (χ0v) is 14.3. The van der Waals surface area contributed by atoms with Crippen molar-refractivity contribution in [1.29, 1.82) is 0 Å². The molecule has 0 bridgehead atoms. The van der Waals surface area contributed by atoms with E-state index in [2.05, 4.69) is 46.6 Å². The van der Waals surface area contributed by atoms with Gasteiger partial charge in [0.05, 0.1) is 0 Å². The van der Waals surface area contributed by atoms with Gasteiger partial charge in [-0.05, 0) is 50.5 Å². The topological polar surface area (TPSA) is 3.24 Å². The highest BCUT2D eigenvalue weighted by atomic mass is 15.2. The second kappa shape index (κ2) is 8.29. The Morgan fingerprint density at radius 1 is 0.789 bits per heavy atom. The summed E-state index contributed by atoms with van der Waals surface area (Å²) in [5.74, 6) is 2.74. The highest BCUT2D eigenvalue weighted by Gasteiger charge is 2.44. The average Bonchev–Trinajstić information content (AvgIpc) is 2.57. The Kier molecular flexibility index (Phi) is 7.42. The van der Waals surface area contributed by atoms with Crippen LogP contribution in [-0.2, 0) is 0 Å². The molecule has 0 aromatic heterocycles. The third-order valence-electron chi connectivity index (χ3n) is 5.12. The van der Waals surface area contributed by atoms with Crippen molar-refractivity contribution < 1.29 is 0 Å². The maximum absolute atomic E-state index is 2.76. The molecule has 0 aromatic carbocycles. The Bertz CT molecular complexity index is 236. The first-order valence-electron chi connectivity index (χ1n) is 8.78. The normalized spacial score (nSPS) is 32.4. The molecule has 1 nitrogen and oxygen atoms in total. The molecule has 0 amide bonds. The van der Waals surface area contributed by atoms with E-state index >= 15 is 0 Å². The van der Waals surface area contributed by atoms with Gasteiger partial charge in [0.1, 0.15) is 0 Å². The standard InChI is InChI=1S/C18H37N/c1-7-10-15-16(13-14(4)5)18(12-9-3)19(6)17(15)11-8-2/h14-18H,7-13H2,1-6H3. The molecule has 4 atom stereocenters. The number of likely N-dealkylation sites (tertiary alicyclic amines) is 1. The summed E-state index contributed by atoms with van der Waals surface area (Å²) in [6, 6.07) is 1.70. The van der Waals surface area contributed by atoms with Gasteiger partial charge in [-0.15, -0.1) is 0 Å². The Morgan fingerprint density at radius 2 is 1.26 bits per heavy atom. The molecule has 0 aliphatic carbocycles. The van der Waals surface area contributed by atoms with Crippen LogP contribution < -0.4 is 0 Å². The molecule has 1 aliphatic rings. The van der Waals surface area contributed by atoms with Crippen molar-refractivity contribution in [3.63, 3.8) is 0 Å². The molecule has 0 radical (unpaired) electrons. The second-order valence-corrected chi connectivity index (χ2v) is 7.12. The van der Waals surface area contributed by atoms with Crippen molar-refractivity contribution in [3.05, 3.63) is 0 Å². The SMILES string of the molecule is CCCC1C(CC(C)C)C(CCC)N(C)C1CCC. The van der Waals surface area contributed by atoms with E-state index < -0.39 is 0 Å². The van der Waals surface area contributed by atoms with Crippen LogP contribution in [0.15, 0.2) is 0 Å². The highest BCUT2D eigenvalue weighted by Crippen LogP contribution is 2.43. The zero-order valence-electron chi connectivity index (χ0n) is 14.3. The van der Waals surface area contributed by atoms with Crippen LogP contribution in [0.2, 0.25) is 0 Å². The van der Waals surface area contributed by atoms with Gasteiger partial charge in [-0.3, -0.25) is 4.90 Å². The number of rotatable bonds is 8. The first kappa shape index (κ1) is 17.0. The fraction of sp³-hybridized carbons (Fsp3) is 1.00. The molecule has 0 N–H and O–H groups in total. The van der Waals surface area contributed by atoms with Crippen molar-refractivity contribution >= 4 is 0 Å². The van der Waals surface area contributed by atoms with E-state index in [0.717, 1.165) is 29.8 Å². The molecule has 1 rings (SSSR count). The van der Waals surface area contributed by atoms with Crippen LogP contribution in [0.5, 0.6) is 0 Å². The minimum Gasteiger partial charge on any atom is -0.300 e. The Balaban J connectivity index is 2.88. The molecule has 1 aliphatic heterocycles. The molecular weight excluding hydrogens is 230 g/mol. The maximum Gasteiger partial charge on any atom is 0.0127 e. The van der Waals surface area contributed by atoms with Gasteiger partial charge in [-0.1, -0.05) is 53.9 Å². The van der Waals surface area contributed by atoms with Crippen LogP contribution in [0.4, 0.5) is 0 Å². The largest absolute Gasteiger partial charge is 0.300 e. The molecule has 114 valence electrons. The van der Waals surface area contributed by atoms with E-state index in [4.69, 9.17) is 0 Å². The summed E-state index contributed by atoms with van der Waals surface area (Å²) in [6.45, 7) is 11.9. The lowest BCUT2D eigenvalue weighted by molar-refractivity contribution is 0.195. The Hall–Kier alpha value is -0.0400. The molecule has 0 spiro atoms. The van der Waals surface area contributed by atoms with Gasteiger partial charge in [0.25, 0.3) is 0 Å². The summed E-state index contributed by atoms with van der Waals surface area (Å²) in [4.78, 5) is 2.76. The van der Waals surface area contributed by atoms with Gasteiger partial charge in [0.2, 0.25) is 0 Å². The van der Waals surface area contributed by atoms with Crippen molar-refractivity contribution in [2.45, 2.75) is 91.6 Å². The van der Waals surface area contributed by atoms with Crippen LogP contribution >= 0.6 is 0 Å². The van der Waals surface area contributed by atoms with Gasteiger partial charge in [-0.25, -0.2) is 0 Å². The molecule has 1 saturated heterocycles. The maximum atomic E-state index is 2.76. The van der Waals surface area contributed by atoms with Crippen molar-refractivity contribution in [2.24, 2.45) is 17.8 Å². The first-order chi connectivity index (χ1) is 9.06. The second-order valence-electron chi connectivity index (χ2n) is 7.12. The van der Waals surface area contributed by atoms with E-state index in [9.17, 15) is 0 Å². The number of hydrogen-bond donors (Lipinski definition) is 0. The summed E-state index contributed by atoms with van der Waals surface area (Å²) in [6.07, 6.45) is 9.69. The van der Waals surface area contributed by atoms with Crippen LogP contribution in [-0.4, -0.2) is 24.0 Å². The molecule has 1 heteroatoms. The lowest BCUT2D eigenvalue weighted by atomic mass is 9.77. The van der Waals surface area contributed by atoms with Gasteiger partial charge >= 0.3 is 0 Å². The third-order valence-corrected chi connectivity index (χ3v) is 5.12. The predicted molar refractivity (Wildman–Crippen MR) is 86.5 cm³/mol. The summed E-state index contributed by atoms with van der Waals surface area (Å²) in [7, 11) is 2.41. The minimum atomic E-state index is 0.845. The third kappa shape index (κ3) is 4.21. The first-order valence-corrected chi connectivity index (χ1v) is 8.78. The minimum absolute atomic E-state index is 0.845. The quantitative estimate of drug-likeness (QED) is 0.573. The van der Waals surface area contributed by atoms with Gasteiger partial charge in [-0.2, -0.15) is 0 Å². The molecular formula is C18H37N. The van der Waals surface area contributed by atoms with Crippen molar-refractivity contribution in [1.82, 2.24) is 4.90 Å². The van der Waals surface area contributed by atoms with E-state index in [-0.39, 0.29) is 0 Å². The molecule has 4 unspecified atom stereocenters. The summed E-state index contributed by atoms with van der Waals surface area (Å²) >= 11 is 0. The van der Waals surface area contributed by atoms with Gasteiger partial charge < -0.3 is 0 Å². The van der Waals surface area contributed by atoms with Gasteiger partial charge in [0.15, 0.2) is 0 Å². The van der Waals surface area contributed by atoms with Crippen molar-refractivity contribution in [3.8, 4) is 0 Å². The Morgan fingerprint density at radius 3 is 1.68 bits per heavy atom. The van der Waals surface area contributed by atoms with E-state index in [0.29, 0.717) is 0 Å². The fourth-order valence-corrected chi connectivity index (χ4v) is 4.46. The van der Waals surface area contributed by atoms with Crippen LogP contribution in [0.25, 0.3) is 0 Å². The summed E-state index contributed by atoms with van der Waals surface area (Å²) < 4.78 is 0.